The predicted molar refractivity (Wildman–Crippen MR) is 118 cm³/mol. The maximum absolute atomic E-state index is 13.2. The minimum atomic E-state index is -0.0267. The van der Waals surface area contributed by atoms with Crippen LogP contribution in [0.3, 0.4) is 0 Å². The fourth-order valence-corrected chi connectivity index (χ4v) is 7.09. The highest BCUT2D eigenvalue weighted by molar-refractivity contribution is 5.82. The van der Waals surface area contributed by atoms with E-state index in [9.17, 15) is 4.79 Å². The zero-order valence-corrected chi connectivity index (χ0v) is 18.6. The zero-order valence-electron chi connectivity index (χ0n) is 18.6. The third-order valence-corrected chi connectivity index (χ3v) is 8.33. The number of ether oxygens (including phenoxy) is 1. The van der Waals surface area contributed by atoms with Gasteiger partial charge in [-0.05, 0) is 80.9 Å². The van der Waals surface area contributed by atoms with E-state index in [1.165, 1.54) is 44.1 Å². The minimum absolute atomic E-state index is 0.0267. The molecule has 4 saturated carbocycles. The van der Waals surface area contributed by atoms with Crippen LogP contribution in [0.5, 0.6) is 5.75 Å². The highest BCUT2D eigenvalue weighted by Gasteiger charge is 2.51. The topological polar surface area (TPSA) is 44.8 Å². The first-order valence-electron chi connectivity index (χ1n) is 11.9. The van der Waals surface area contributed by atoms with Gasteiger partial charge in [-0.15, -0.1) is 0 Å². The Bertz CT molecular complexity index is 719. The van der Waals surface area contributed by atoms with Gasteiger partial charge in [0.2, 0.25) is 5.91 Å². The Labute approximate surface area is 181 Å². The third-order valence-electron chi connectivity index (χ3n) is 8.33. The molecular weight excluding hydrogens is 374 g/mol. The van der Waals surface area contributed by atoms with Crippen LogP contribution in [0.15, 0.2) is 24.3 Å². The molecule has 5 fully saturated rings. The number of amides is 1. The average molecular weight is 412 g/mol. The number of hydrogen-bond donors (Lipinski definition) is 1. The number of hydrogen-bond acceptors (Lipinski definition) is 4. The first-order chi connectivity index (χ1) is 14.5. The summed E-state index contributed by atoms with van der Waals surface area (Å²) in [6.45, 7) is 7.03. The Kier molecular flexibility index (Phi) is 5.53. The van der Waals surface area contributed by atoms with Crippen LogP contribution in [-0.4, -0.2) is 60.6 Å². The largest absolute Gasteiger partial charge is 0.497 e. The first-order valence-corrected chi connectivity index (χ1v) is 11.9. The highest BCUT2D eigenvalue weighted by Crippen LogP contribution is 2.55. The van der Waals surface area contributed by atoms with Gasteiger partial charge in [0.15, 0.2) is 0 Å². The molecule has 1 aromatic carbocycles. The lowest BCUT2D eigenvalue weighted by Crippen LogP contribution is -2.63. The molecule has 5 aliphatic rings. The van der Waals surface area contributed by atoms with Crippen LogP contribution in [-0.2, 0) is 11.3 Å². The van der Waals surface area contributed by atoms with Crippen LogP contribution in [0, 0.1) is 17.8 Å². The summed E-state index contributed by atoms with van der Waals surface area (Å²) in [6.07, 6.45) is 7.94. The second kappa shape index (κ2) is 8.16. The molecule has 0 radical (unpaired) electrons. The van der Waals surface area contributed by atoms with E-state index >= 15 is 0 Å². The number of nitrogens with one attached hydrogen (secondary N) is 1. The normalized spacial score (nSPS) is 34.7. The molecule has 1 aromatic rings. The summed E-state index contributed by atoms with van der Waals surface area (Å²) in [7, 11) is 1.70. The Balaban J connectivity index is 1.12. The van der Waals surface area contributed by atoms with Gasteiger partial charge in [-0.3, -0.25) is 14.6 Å². The van der Waals surface area contributed by atoms with Crippen molar-refractivity contribution < 1.29 is 9.53 Å². The zero-order chi connectivity index (χ0) is 20.7. The van der Waals surface area contributed by atoms with Gasteiger partial charge in [0, 0.05) is 38.3 Å². The van der Waals surface area contributed by atoms with Crippen LogP contribution < -0.4 is 10.1 Å². The van der Waals surface area contributed by atoms with Crippen LogP contribution in [0.25, 0.3) is 0 Å². The molecule has 1 amide bonds. The van der Waals surface area contributed by atoms with Crippen LogP contribution in [0.4, 0.5) is 0 Å². The van der Waals surface area contributed by atoms with Gasteiger partial charge in [-0.1, -0.05) is 12.1 Å². The highest BCUT2D eigenvalue weighted by atomic mass is 16.5. The summed E-state index contributed by atoms with van der Waals surface area (Å²) in [4.78, 5) is 18.0. The van der Waals surface area contributed by atoms with Crippen molar-refractivity contribution in [2.24, 2.45) is 17.8 Å². The van der Waals surface area contributed by atoms with Crippen molar-refractivity contribution >= 4 is 5.91 Å². The Morgan fingerprint density at radius 3 is 2.13 bits per heavy atom. The lowest BCUT2D eigenvalue weighted by Gasteiger charge is -2.57. The molecule has 1 heterocycles. The Hall–Kier alpha value is -1.59. The first kappa shape index (κ1) is 20.3. The van der Waals surface area contributed by atoms with E-state index in [-0.39, 0.29) is 17.5 Å². The predicted octanol–water partition coefficient (Wildman–Crippen LogP) is 3.29. The van der Waals surface area contributed by atoms with Gasteiger partial charge in [0.1, 0.15) is 5.75 Å². The Morgan fingerprint density at radius 1 is 1.03 bits per heavy atom. The number of nitrogens with zero attached hydrogens (tertiary/aromatic N) is 2. The van der Waals surface area contributed by atoms with Gasteiger partial charge < -0.3 is 10.1 Å². The van der Waals surface area contributed by atoms with E-state index in [1.54, 1.807) is 7.11 Å². The molecule has 4 aliphatic carbocycles. The van der Waals surface area contributed by atoms with Crippen molar-refractivity contribution in [3.63, 3.8) is 0 Å². The van der Waals surface area contributed by atoms with E-state index in [0.717, 1.165) is 56.2 Å². The molecule has 6 rings (SSSR count). The van der Waals surface area contributed by atoms with Crippen molar-refractivity contribution in [3.05, 3.63) is 29.8 Å². The van der Waals surface area contributed by atoms with Crippen molar-refractivity contribution in [2.75, 3.05) is 33.3 Å². The number of rotatable bonds is 6. The lowest BCUT2D eigenvalue weighted by molar-refractivity contribution is -0.132. The van der Waals surface area contributed by atoms with Crippen LogP contribution >= 0.6 is 0 Å². The summed E-state index contributed by atoms with van der Waals surface area (Å²) in [5.74, 6) is 3.78. The van der Waals surface area contributed by atoms with E-state index in [2.05, 4.69) is 34.2 Å². The lowest BCUT2D eigenvalue weighted by atomic mass is 9.53. The summed E-state index contributed by atoms with van der Waals surface area (Å²) in [5.41, 5.74) is 1.44. The molecule has 1 saturated heterocycles. The standard InChI is InChI=1S/C25H37N3O2/c1-18(24(29)26-25-14-20-11-21(15-25)13-22(12-20)16-25)28-9-7-27(8-10-28)17-19-3-5-23(30-2)6-4-19/h3-6,18,20-22H,7-17H2,1-2H3,(H,26,29)/t18-,20?,21?,22?,25?/m1/s1. The number of carbonyl (C=O) groups is 1. The molecule has 0 spiro atoms. The molecule has 1 atom stereocenters. The summed E-state index contributed by atoms with van der Waals surface area (Å²) in [5, 5.41) is 3.58. The SMILES string of the molecule is COc1ccc(CN2CCN([C@H](C)C(=O)NC34CC5CC(CC(C5)C3)C4)CC2)cc1. The molecule has 1 aliphatic heterocycles. The summed E-state index contributed by atoms with van der Waals surface area (Å²) >= 11 is 0. The van der Waals surface area contributed by atoms with Gasteiger partial charge in [-0.25, -0.2) is 0 Å². The molecule has 30 heavy (non-hydrogen) atoms. The van der Waals surface area contributed by atoms with E-state index in [0.29, 0.717) is 0 Å². The van der Waals surface area contributed by atoms with Crippen LogP contribution in [0.1, 0.15) is 51.0 Å². The van der Waals surface area contributed by atoms with E-state index in [1.807, 2.05) is 12.1 Å². The monoisotopic (exact) mass is 411 g/mol. The molecule has 0 aromatic heterocycles. The quantitative estimate of drug-likeness (QED) is 0.780. The Morgan fingerprint density at radius 2 is 1.60 bits per heavy atom. The molecule has 4 bridgehead atoms. The fraction of sp³-hybridized carbons (Fsp3) is 0.720. The smallest absolute Gasteiger partial charge is 0.237 e. The van der Waals surface area contributed by atoms with Crippen molar-refractivity contribution in [1.82, 2.24) is 15.1 Å². The molecule has 5 nitrogen and oxygen atoms in total. The van der Waals surface area contributed by atoms with Gasteiger partial charge in [0.05, 0.1) is 13.2 Å². The maximum Gasteiger partial charge on any atom is 0.237 e. The number of methoxy groups -OCH3 is 1. The van der Waals surface area contributed by atoms with Crippen molar-refractivity contribution in [2.45, 2.75) is 63.6 Å². The second-order valence-corrected chi connectivity index (χ2v) is 10.5. The van der Waals surface area contributed by atoms with E-state index < -0.39 is 0 Å². The maximum atomic E-state index is 13.2. The second-order valence-electron chi connectivity index (χ2n) is 10.5. The molecule has 164 valence electrons. The molecule has 1 N–H and O–H groups in total. The van der Waals surface area contributed by atoms with Crippen LogP contribution in [0.2, 0.25) is 0 Å². The fourth-order valence-electron chi connectivity index (χ4n) is 7.09. The van der Waals surface area contributed by atoms with Gasteiger partial charge >= 0.3 is 0 Å². The third kappa shape index (κ3) is 4.11. The summed E-state index contributed by atoms with van der Waals surface area (Å²) in [6, 6.07) is 8.32. The average Bonchev–Trinajstić information content (AvgIpc) is 2.73. The minimum Gasteiger partial charge on any atom is -0.497 e. The summed E-state index contributed by atoms with van der Waals surface area (Å²) < 4.78 is 5.25. The van der Waals surface area contributed by atoms with Gasteiger partial charge in [-0.2, -0.15) is 0 Å². The molecule has 5 heteroatoms. The number of benzene rings is 1. The molecular formula is C25H37N3O2. The van der Waals surface area contributed by atoms with Gasteiger partial charge in [0.25, 0.3) is 0 Å². The van der Waals surface area contributed by atoms with E-state index in [4.69, 9.17) is 4.74 Å². The van der Waals surface area contributed by atoms with Crippen molar-refractivity contribution in [1.29, 1.82) is 0 Å². The number of carbonyl (C=O) groups excluding carboxylic acids is 1. The van der Waals surface area contributed by atoms with Crippen molar-refractivity contribution in [3.8, 4) is 5.75 Å². The molecule has 0 unspecified atom stereocenters. The number of piperazine rings is 1.